The molecule has 1 aliphatic rings. The molecule has 8 heteroatoms. The molecule has 0 bridgehead atoms. The molecule has 2 N–H and O–H groups in total. The van der Waals surface area contributed by atoms with E-state index in [0.29, 0.717) is 6.41 Å². The van der Waals surface area contributed by atoms with Gasteiger partial charge in [-0.2, -0.15) is 0 Å². The van der Waals surface area contributed by atoms with E-state index in [4.69, 9.17) is 9.47 Å². The van der Waals surface area contributed by atoms with Gasteiger partial charge in [0.25, 0.3) is 0 Å². The van der Waals surface area contributed by atoms with E-state index in [9.17, 15) is 19.2 Å². The van der Waals surface area contributed by atoms with Gasteiger partial charge in [0.15, 0.2) is 0 Å². The Labute approximate surface area is 256 Å². The van der Waals surface area contributed by atoms with Crippen LogP contribution in [0.25, 0.3) is 0 Å². The number of ether oxygens (including phenoxy) is 2. The van der Waals surface area contributed by atoms with Gasteiger partial charge >= 0.3 is 11.9 Å². The van der Waals surface area contributed by atoms with Crippen molar-refractivity contribution >= 4 is 24.3 Å². The Bertz CT molecular complexity index is 1270. The highest BCUT2D eigenvalue weighted by atomic mass is 16.5. The Hall–Kier alpha value is -4.20. The van der Waals surface area contributed by atoms with Crippen molar-refractivity contribution < 1.29 is 28.7 Å². The van der Waals surface area contributed by atoms with Crippen LogP contribution >= 0.6 is 0 Å². The smallest absolute Gasteiger partial charge is 0.328 e. The summed E-state index contributed by atoms with van der Waals surface area (Å²) in [4.78, 5) is 48.7. The number of carbonyl (C=O) groups is 4. The molecule has 232 valence electrons. The summed E-state index contributed by atoms with van der Waals surface area (Å²) >= 11 is 0. The third-order valence-corrected chi connectivity index (χ3v) is 7.46. The van der Waals surface area contributed by atoms with Gasteiger partial charge in [-0.25, -0.2) is 4.79 Å². The largest absolute Gasteiger partial charge is 0.467 e. The number of hydrogen-bond donors (Lipinski definition) is 2. The lowest BCUT2D eigenvalue weighted by molar-refractivity contribution is -0.146. The second-order valence-electron chi connectivity index (χ2n) is 11.5. The third kappa shape index (κ3) is 12.3. The van der Waals surface area contributed by atoms with Crippen LogP contribution in [-0.2, 0) is 35.1 Å². The lowest BCUT2D eigenvalue weighted by Crippen LogP contribution is -2.51. The highest BCUT2D eigenvalue weighted by molar-refractivity contribution is 5.91. The Morgan fingerprint density at radius 1 is 1.05 bits per heavy atom. The quantitative estimate of drug-likeness (QED) is 0.159. The minimum Gasteiger partial charge on any atom is -0.467 e. The van der Waals surface area contributed by atoms with Crippen molar-refractivity contribution in [2.45, 2.75) is 78.8 Å². The molecule has 1 aromatic carbocycles. The Morgan fingerprint density at radius 3 is 2.42 bits per heavy atom. The van der Waals surface area contributed by atoms with Crippen LogP contribution in [0.1, 0.15) is 65.9 Å². The van der Waals surface area contributed by atoms with Crippen molar-refractivity contribution in [1.29, 1.82) is 0 Å². The summed E-state index contributed by atoms with van der Waals surface area (Å²) in [5, 5.41) is 4.90. The number of hydrogen-bond acceptors (Lipinski definition) is 6. The maximum atomic E-state index is 12.8. The van der Waals surface area contributed by atoms with Gasteiger partial charge in [0.05, 0.1) is 13.5 Å². The molecule has 0 spiro atoms. The number of benzene rings is 1. The van der Waals surface area contributed by atoms with E-state index in [-0.39, 0.29) is 18.4 Å². The van der Waals surface area contributed by atoms with Crippen LogP contribution in [0, 0.1) is 5.41 Å². The molecule has 2 unspecified atom stereocenters. The molecule has 8 nitrogen and oxygen atoms in total. The van der Waals surface area contributed by atoms with Crippen LogP contribution in [0.2, 0.25) is 0 Å². The zero-order valence-corrected chi connectivity index (χ0v) is 26.3. The molecule has 1 aromatic rings. The molecule has 2 rings (SSSR count). The molecule has 0 radical (unpaired) electrons. The molecule has 0 heterocycles. The average molecular weight is 591 g/mol. The first-order chi connectivity index (χ1) is 20.5. The number of carbonyl (C=O) groups excluding carboxylic acids is 4. The number of nitrogens with one attached hydrogen (secondary N) is 2. The third-order valence-electron chi connectivity index (χ3n) is 7.46. The SMILES string of the molecule is COC(=O)C(Cc1ccccc1)NC(=O)C(CC(=O)OCC=C(C)C=CC=C(C)C=CC1=C(C)CCCC1(C)C)NC=O. The van der Waals surface area contributed by atoms with Crippen molar-refractivity contribution in [2.75, 3.05) is 13.7 Å². The van der Waals surface area contributed by atoms with Crippen molar-refractivity contribution in [2.24, 2.45) is 5.41 Å². The highest BCUT2D eigenvalue weighted by Crippen LogP contribution is 2.40. The predicted molar refractivity (Wildman–Crippen MR) is 169 cm³/mol. The van der Waals surface area contributed by atoms with Gasteiger partial charge in [0, 0.05) is 6.42 Å². The van der Waals surface area contributed by atoms with Crippen LogP contribution in [0.3, 0.4) is 0 Å². The van der Waals surface area contributed by atoms with Crippen LogP contribution in [0.15, 0.2) is 89.1 Å². The lowest BCUT2D eigenvalue weighted by atomic mass is 9.72. The van der Waals surface area contributed by atoms with Gasteiger partial charge in [-0.15, -0.1) is 0 Å². The Balaban J connectivity index is 1.90. The summed E-state index contributed by atoms with van der Waals surface area (Å²) in [6, 6.07) is 6.91. The predicted octanol–water partition coefficient (Wildman–Crippen LogP) is 5.47. The molecule has 1 aliphatic carbocycles. The standard InChI is InChI=1S/C35H46N2O6/c1-25(17-18-29-27(3)14-11-20-35(29,4)5)12-10-13-26(2)19-21-43-32(39)23-30(36-24-38)33(40)37-31(34(41)42-6)22-28-15-8-7-9-16-28/h7-10,12-13,15-19,24,30-31H,11,14,20-23H2,1-6H3,(H,36,38)(H,37,40). The molecular weight excluding hydrogens is 544 g/mol. The fourth-order valence-electron chi connectivity index (χ4n) is 4.96. The maximum absolute atomic E-state index is 12.8. The number of methoxy groups -OCH3 is 1. The van der Waals surface area contributed by atoms with E-state index in [0.717, 1.165) is 23.1 Å². The van der Waals surface area contributed by atoms with Crippen LogP contribution < -0.4 is 10.6 Å². The molecule has 0 aliphatic heterocycles. The average Bonchev–Trinajstić information content (AvgIpc) is 2.96. The van der Waals surface area contributed by atoms with E-state index in [2.05, 4.69) is 50.5 Å². The second-order valence-corrected chi connectivity index (χ2v) is 11.5. The summed E-state index contributed by atoms with van der Waals surface area (Å²) in [5.41, 5.74) is 5.93. The molecule has 43 heavy (non-hydrogen) atoms. The number of amides is 2. The van der Waals surface area contributed by atoms with Gasteiger partial charge in [-0.05, 0) is 62.7 Å². The summed E-state index contributed by atoms with van der Waals surface area (Å²) in [5.74, 6) is -2.00. The lowest BCUT2D eigenvalue weighted by Gasteiger charge is -2.32. The van der Waals surface area contributed by atoms with Crippen LogP contribution in [-0.4, -0.2) is 50.1 Å². The first kappa shape index (κ1) is 35.0. The number of rotatable bonds is 15. The number of allylic oxidation sites excluding steroid dienone is 9. The summed E-state index contributed by atoms with van der Waals surface area (Å²) in [6.07, 6.45) is 15.8. The first-order valence-electron chi connectivity index (χ1n) is 14.6. The van der Waals surface area contributed by atoms with Crippen LogP contribution in [0.5, 0.6) is 0 Å². The second kappa shape index (κ2) is 17.7. The van der Waals surface area contributed by atoms with Crippen LogP contribution in [0.4, 0.5) is 0 Å². The summed E-state index contributed by atoms with van der Waals surface area (Å²) < 4.78 is 10.1. The monoisotopic (exact) mass is 590 g/mol. The van der Waals surface area contributed by atoms with Gasteiger partial charge < -0.3 is 20.1 Å². The van der Waals surface area contributed by atoms with Gasteiger partial charge in [0.1, 0.15) is 18.7 Å². The van der Waals surface area contributed by atoms with E-state index < -0.39 is 36.4 Å². The van der Waals surface area contributed by atoms with Crippen molar-refractivity contribution in [3.8, 4) is 0 Å². The minimum absolute atomic E-state index is 0.00828. The van der Waals surface area contributed by atoms with Crippen molar-refractivity contribution in [3.63, 3.8) is 0 Å². The first-order valence-corrected chi connectivity index (χ1v) is 14.6. The van der Waals surface area contributed by atoms with E-state index in [1.54, 1.807) is 6.08 Å². The highest BCUT2D eigenvalue weighted by Gasteiger charge is 2.28. The van der Waals surface area contributed by atoms with Crippen molar-refractivity contribution in [3.05, 3.63) is 94.6 Å². The summed E-state index contributed by atoms with van der Waals surface area (Å²) in [7, 11) is 1.22. The molecular formula is C35H46N2O6. The molecule has 0 fully saturated rings. The van der Waals surface area contributed by atoms with E-state index in [1.165, 1.54) is 31.1 Å². The molecule has 0 saturated carbocycles. The topological polar surface area (TPSA) is 111 Å². The van der Waals surface area contributed by atoms with E-state index >= 15 is 0 Å². The molecule has 0 saturated heterocycles. The summed E-state index contributed by atoms with van der Waals surface area (Å²) in [6.45, 7) is 10.8. The Kier molecular flexibility index (Phi) is 14.4. The number of esters is 2. The zero-order valence-electron chi connectivity index (χ0n) is 26.3. The fourth-order valence-corrected chi connectivity index (χ4v) is 4.96. The molecule has 2 amide bonds. The van der Waals surface area contributed by atoms with Gasteiger partial charge in [-0.3, -0.25) is 14.4 Å². The molecule has 0 aromatic heterocycles. The Morgan fingerprint density at radius 2 is 1.77 bits per heavy atom. The zero-order chi connectivity index (χ0) is 31.8. The van der Waals surface area contributed by atoms with E-state index in [1.807, 2.05) is 55.5 Å². The van der Waals surface area contributed by atoms with Crippen molar-refractivity contribution in [1.82, 2.24) is 10.6 Å². The molecule has 2 atom stereocenters. The maximum Gasteiger partial charge on any atom is 0.328 e. The fraction of sp³-hybridized carbons (Fsp3) is 0.429. The normalized spacial score (nSPS) is 17.0. The minimum atomic E-state index is -1.21. The van der Waals surface area contributed by atoms with Gasteiger partial charge in [0.2, 0.25) is 12.3 Å². The van der Waals surface area contributed by atoms with Gasteiger partial charge in [-0.1, -0.05) is 91.3 Å².